The first-order chi connectivity index (χ1) is 8.06. The molecule has 0 saturated heterocycles. The third-order valence-electron chi connectivity index (χ3n) is 5.03. The van der Waals surface area contributed by atoms with E-state index in [-0.39, 0.29) is 0 Å². The van der Waals surface area contributed by atoms with Gasteiger partial charge in [-0.15, -0.1) is 0 Å². The van der Waals surface area contributed by atoms with Gasteiger partial charge in [-0.25, -0.2) is 0 Å². The molecule has 0 bridgehead atoms. The molecule has 17 heavy (non-hydrogen) atoms. The summed E-state index contributed by atoms with van der Waals surface area (Å²) in [6.45, 7) is 10.7. The van der Waals surface area contributed by atoms with E-state index in [2.05, 4.69) is 39.3 Å². The molecule has 1 N–H and O–H groups in total. The molecule has 3 atom stereocenters. The van der Waals surface area contributed by atoms with Gasteiger partial charge < -0.3 is 5.32 Å². The van der Waals surface area contributed by atoms with Gasteiger partial charge in [0.2, 0.25) is 0 Å². The number of rotatable bonds is 6. The van der Waals surface area contributed by atoms with Crippen LogP contribution >= 0.6 is 11.8 Å². The van der Waals surface area contributed by atoms with Crippen LogP contribution < -0.4 is 5.32 Å². The zero-order chi connectivity index (χ0) is 12.9. The average molecular weight is 257 g/mol. The van der Waals surface area contributed by atoms with Crippen molar-refractivity contribution < 1.29 is 0 Å². The Kier molecular flexibility index (Phi) is 6.36. The van der Waals surface area contributed by atoms with E-state index in [0.717, 1.165) is 17.9 Å². The van der Waals surface area contributed by atoms with Crippen molar-refractivity contribution in [3.63, 3.8) is 0 Å². The van der Waals surface area contributed by atoms with Gasteiger partial charge in [0.15, 0.2) is 0 Å². The van der Waals surface area contributed by atoms with Gasteiger partial charge in [0.05, 0.1) is 0 Å². The lowest BCUT2D eigenvalue weighted by atomic mass is 9.79. The Morgan fingerprint density at radius 1 is 1.12 bits per heavy atom. The summed E-state index contributed by atoms with van der Waals surface area (Å²) in [6.07, 6.45) is 8.97. The zero-order valence-corrected chi connectivity index (χ0v) is 13.2. The van der Waals surface area contributed by atoms with Crippen molar-refractivity contribution in [2.45, 2.75) is 70.6 Å². The minimum Gasteiger partial charge on any atom is -0.313 e. The fraction of sp³-hybridized carbons (Fsp3) is 1.00. The first kappa shape index (κ1) is 15.4. The third-order valence-corrected chi connectivity index (χ3v) is 6.62. The van der Waals surface area contributed by atoms with Crippen LogP contribution in [0.3, 0.4) is 0 Å². The molecule has 102 valence electrons. The van der Waals surface area contributed by atoms with E-state index < -0.39 is 0 Å². The fourth-order valence-electron chi connectivity index (χ4n) is 2.92. The van der Waals surface area contributed by atoms with Crippen molar-refractivity contribution in [2.75, 3.05) is 12.8 Å². The van der Waals surface area contributed by atoms with Gasteiger partial charge in [0, 0.05) is 17.3 Å². The Hall–Kier alpha value is 0.310. The quantitative estimate of drug-likeness (QED) is 0.760. The van der Waals surface area contributed by atoms with Gasteiger partial charge in [-0.3, -0.25) is 0 Å². The van der Waals surface area contributed by atoms with E-state index >= 15 is 0 Å². The van der Waals surface area contributed by atoms with E-state index in [1.807, 2.05) is 11.8 Å². The second kappa shape index (κ2) is 7.04. The first-order valence-electron chi connectivity index (χ1n) is 7.35. The minimum atomic E-state index is 0.465. The molecule has 3 unspecified atom stereocenters. The van der Waals surface area contributed by atoms with Gasteiger partial charge in [0.25, 0.3) is 0 Å². The van der Waals surface area contributed by atoms with E-state index in [4.69, 9.17) is 0 Å². The number of nitrogens with one attached hydrogen (secondary N) is 1. The van der Waals surface area contributed by atoms with E-state index in [1.54, 1.807) is 0 Å². The molecule has 0 aromatic heterocycles. The summed E-state index contributed by atoms with van der Waals surface area (Å²) < 4.78 is 0.465. The standard InChI is InChI=1S/C15H31NS/c1-6-15(7-2,17-5)11-16-14-9-8-12(3)13(4)10-14/h12-14,16H,6-11H2,1-5H3. The monoisotopic (exact) mass is 257 g/mol. The van der Waals surface area contributed by atoms with E-state index in [1.165, 1.54) is 38.6 Å². The number of hydrogen-bond donors (Lipinski definition) is 1. The molecule has 0 amide bonds. The molecule has 2 heteroatoms. The van der Waals surface area contributed by atoms with Crippen LogP contribution in [0.15, 0.2) is 0 Å². The molecule has 0 heterocycles. The highest BCUT2D eigenvalue weighted by molar-refractivity contribution is 8.00. The predicted octanol–water partition coefficient (Wildman–Crippen LogP) is 4.32. The predicted molar refractivity (Wildman–Crippen MR) is 80.8 cm³/mol. The van der Waals surface area contributed by atoms with Crippen LogP contribution in [0.5, 0.6) is 0 Å². The lowest BCUT2D eigenvalue weighted by molar-refractivity contribution is 0.222. The molecule has 1 aliphatic rings. The van der Waals surface area contributed by atoms with E-state index in [0.29, 0.717) is 4.75 Å². The Bertz CT molecular complexity index is 205. The minimum absolute atomic E-state index is 0.465. The highest BCUT2D eigenvalue weighted by Gasteiger charge is 2.28. The zero-order valence-electron chi connectivity index (χ0n) is 12.4. The molecule has 0 aliphatic heterocycles. The van der Waals surface area contributed by atoms with Crippen LogP contribution in [-0.2, 0) is 0 Å². The van der Waals surface area contributed by atoms with Crippen LogP contribution in [0, 0.1) is 11.8 Å². The Balaban J connectivity index is 2.39. The highest BCUT2D eigenvalue weighted by atomic mass is 32.2. The number of hydrogen-bond acceptors (Lipinski definition) is 2. The molecule has 1 aliphatic carbocycles. The molecule has 1 fully saturated rings. The number of thioether (sulfide) groups is 1. The Morgan fingerprint density at radius 2 is 1.76 bits per heavy atom. The summed E-state index contributed by atoms with van der Waals surface area (Å²) in [5, 5.41) is 3.85. The Labute approximate surface area is 113 Å². The Morgan fingerprint density at radius 3 is 2.24 bits per heavy atom. The van der Waals surface area contributed by atoms with Crippen molar-refractivity contribution in [1.82, 2.24) is 5.32 Å². The van der Waals surface area contributed by atoms with Gasteiger partial charge in [-0.2, -0.15) is 11.8 Å². The molecular formula is C15H31NS. The lowest BCUT2D eigenvalue weighted by Gasteiger charge is -2.36. The molecule has 1 saturated carbocycles. The molecule has 1 rings (SSSR count). The molecule has 0 radical (unpaired) electrons. The SMILES string of the molecule is CCC(CC)(CNC1CCC(C)C(C)C1)SC. The van der Waals surface area contributed by atoms with E-state index in [9.17, 15) is 0 Å². The average Bonchev–Trinajstić information content (AvgIpc) is 2.36. The fourth-order valence-corrected chi connectivity index (χ4v) is 3.73. The van der Waals surface area contributed by atoms with Crippen LogP contribution in [-0.4, -0.2) is 23.6 Å². The highest BCUT2D eigenvalue weighted by Crippen LogP contribution is 2.32. The lowest BCUT2D eigenvalue weighted by Crippen LogP contribution is -2.44. The second-order valence-electron chi connectivity index (χ2n) is 5.94. The largest absolute Gasteiger partial charge is 0.313 e. The van der Waals surface area contributed by atoms with Crippen molar-refractivity contribution in [2.24, 2.45) is 11.8 Å². The van der Waals surface area contributed by atoms with Crippen molar-refractivity contribution in [3.8, 4) is 0 Å². The second-order valence-corrected chi connectivity index (χ2v) is 7.21. The van der Waals surface area contributed by atoms with Gasteiger partial charge in [-0.1, -0.05) is 27.7 Å². The molecule has 0 aromatic carbocycles. The van der Waals surface area contributed by atoms with Gasteiger partial charge in [-0.05, 0) is 50.2 Å². The van der Waals surface area contributed by atoms with Crippen LogP contribution in [0.1, 0.15) is 59.8 Å². The summed E-state index contributed by atoms with van der Waals surface area (Å²) in [4.78, 5) is 0. The smallest absolute Gasteiger partial charge is 0.0276 e. The summed E-state index contributed by atoms with van der Waals surface area (Å²) in [5.74, 6) is 1.82. The summed E-state index contributed by atoms with van der Waals surface area (Å²) >= 11 is 2.04. The maximum atomic E-state index is 3.85. The topological polar surface area (TPSA) is 12.0 Å². The maximum absolute atomic E-state index is 3.85. The van der Waals surface area contributed by atoms with Crippen LogP contribution in [0.25, 0.3) is 0 Å². The molecular weight excluding hydrogens is 226 g/mol. The third kappa shape index (κ3) is 4.17. The first-order valence-corrected chi connectivity index (χ1v) is 8.58. The summed E-state index contributed by atoms with van der Waals surface area (Å²) in [6, 6.07) is 0.769. The maximum Gasteiger partial charge on any atom is 0.0276 e. The summed E-state index contributed by atoms with van der Waals surface area (Å²) in [5.41, 5.74) is 0. The van der Waals surface area contributed by atoms with Crippen molar-refractivity contribution in [3.05, 3.63) is 0 Å². The van der Waals surface area contributed by atoms with Crippen LogP contribution in [0.4, 0.5) is 0 Å². The van der Waals surface area contributed by atoms with Crippen LogP contribution in [0.2, 0.25) is 0 Å². The van der Waals surface area contributed by atoms with Gasteiger partial charge >= 0.3 is 0 Å². The normalized spacial score (nSPS) is 30.5. The van der Waals surface area contributed by atoms with Crippen molar-refractivity contribution >= 4 is 11.8 Å². The molecule has 0 aromatic rings. The van der Waals surface area contributed by atoms with Gasteiger partial charge in [0.1, 0.15) is 0 Å². The summed E-state index contributed by atoms with van der Waals surface area (Å²) in [7, 11) is 0. The van der Waals surface area contributed by atoms with Crippen molar-refractivity contribution in [1.29, 1.82) is 0 Å². The molecule has 1 nitrogen and oxygen atoms in total. The molecule has 0 spiro atoms.